The molecule has 1 unspecified atom stereocenters. The third kappa shape index (κ3) is 3.57. The van der Waals surface area contributed by atoms with Crippen molar-refractivity contribution in [2.75, 3.05) is 11.4 Å². The summed E-state index contributed by atoms with van der Waals surface area (Å²) in [5, 5.41) is 8.09. The van der Waals surface area contributed by atoms with E-state index in [0.717, 1.165) is 24.9 Å². The fourth-order valence-electron chi connectivity index (χ4n) is 3.31. The first-order chi connectivity index (χ1) is 13.0. The number of hydrogen-bond donors (Lipinski definition) is 1. The Morgan fingerprint density at radius 3 is 2.85 bits per heavy atom. The van der Waals surface area contributed by atoms with Crippen molar-refractivity contribution in [3.05, 3.63) is 57.5 Å². The van der Waals surface area contributed by atoms with Crippen LogP contribution in [0, 0.1) is 13.8 Å². The minimum absolute atomic E-state index is 0.0104. The van der Waals surface area contributed by atoms with Crippen molar-refractivity contribution in [3.63, 3.8) is 0 Å². The van der Waals surface area contributed by atoms with Crippen molar-refractivity contribution in [3.8, 4) is 0 Å². The summed E-state index contributed by atoms with van der Waals surface area (Å²) in [6, 6.07) is 9.32. The zero-order valence-corrected chi connectivity index (χ0v) is 16.1. The molecule has 1 fully saturated rings. The van der Waals surface area contributed by atoms with Gasteiger partial charge in [-0.15, -0.1) is 5.10 Å². The van der Waals surface area contributed by atoms with Gasteiger partial charge in [-0.25, -0.2) is 4.98 Å². The molecule has 3 aromatic rings. The van der Waals surface area contributed by atoms with Crippen molar-refractivity contribution >= 4 is 27.3 Å². The average Bonchev–Trinajstić information content (AvgIpc) is 3.27. The number of rotatable bonds is 4. The average molecular weight is 383 g/mol. The van der Waals surface area contributed by atoms with Gasteiger partial charge in [0, 0.05) is 24.8 Å². The lowest BCUT2D eigenvalue weighted by molar-refractivity contribution is -0.122. The van der Waals surface area contributed by atoms with Gasteiger partial charge in [-0.2, -0.15) is 4.52 Å². The van der Waals surface area contributed by atoms with Crippen LogP contribution in [-0.4, -0.2) is 33.1 Å². The second kappa shape index (κ2) is 7.11. The van der Waals surface area contributed by atoms with Gasteiger partial charge in [0.25, 0.3) is 5.56 Å². The number of nitrogens with one attached hydrogen (secondary N) is 1. The number of benzene rings is 1. The van der Waals surface area contributed by atoms with Crippen LogP contribution < -0.4 is 15.8 Å². The number of carbonyl (C=O) groups excluding carboxylic acids is 1. The van der Waals surface area contributed by atoms with Crippen LogP contribution in [0.15, 0.2) is 35.1 Å². The molecule has 0 bridgehead atoms. The molecule has 0 spiro atoms. The maximum atomic E-state index is 12.7. The molecule has 0 radical (unpaired) electrons. The molecule has 4 rings (SSSR count). The molecule has 1 aliphatic heterocycles. The van der Waals surface area contributed by atoms with Crippen molar-refractivity contribution < 1.29 is 4.79 Å². The number of aryl methyl sites for hydroxylation is 2. The number of carbonyl (C=O) groups is 1. The lowest BCUT2D eigenvalue weighted by atomic mass is 10.1. The van der Waals surface area contributed by atoms with Gasteiger partial charge in [0.2, 0.25) is 16.0 Å². The highest BCUT2D eigenvalue weighted by atomic mass is 32.1. The summed E-state index contributed by atoms with van der Waals surface area (Å²) < 4.78 is 1.31. The number of aromatic nitrogens is 3. The van der Waals surface area contributed by atoms with Crippen LogP contribution in [0.2, 0.25) is 0 Å². The number of anilines is 1. The van der Waals surface area contributed by atoms with Crippen molar-refractivity contribution in [2.24, 2.45) is 0 Å². The summed E-state index contributed by atoms with van der Waals surface area (Å²) in [7, 11) is 0. The highest BCUT2D eigenvalue weighted by molar-refractivity contribution is 7.20. The molecule has 1 aromatic carbocycles. The second-order valence-electron chi connectivity index (χ2n) is 6.87. The summed E-state index contributed by atoms with van der Waals surface area (Å²) in [6.07, 6.45) is 1.69. The molecule has 3 heterocycles. The van der Waals surface area contributed by atoms with Gasteiger partial charge in [-0.05, 0) is 32.3 Å². The monoisotopic (exact) mass is 383 g/mol. The van der Waals surface area contributed by atoms with Crippen molar-refractivity contribution in [1.82, 2.24) is 19.9 Å². The van der Waals surface area contributed by atoms with Crippen LogP contribution in [0.1, 0.15) is 29.7 Å². The first kappa shape index (κ1) is 17.7. The van der Waals surface area contributed by atoms with Crippen LogP contribution in [0.3, 0.4) is 0 Å². The molecule has 27 heavy (non-hydrogen) atoms. The highest BCUT2D eigenvalue weighted by Crippen LogP contribution is 2.29. The molecule has 0 aliphatic carbocycles. The third-order valence-electron chi connectivity index (χ3n) is 4.75. The standard InChI is InChI=1S/C19H21N5O2S/c1-12-5-7-14(8-6-12)11-20-17(26)15-4-3-9-23(15)19-22-24-16(25)10-13(2)21-18(24)27-19/h5-8,10,15H,3-4,9,11H2,1-2H3,(H,20,26). The van der Waals surface area contributed by atoms with Gasteiger partial charge in [-0.3, -0.25) is 9.59 Å². The molecular formula is C19H21N5O2S. The molecule has 0 saturated carbocycles. The number of hydrogen-bond acceptors (Lipinski definition) is 6. The Morgan fingerprint density at radius 2 is 2.07 bits per heavy atom. The summed E-state index contributed by atoms with van der Waals surface area (Å²) in [5.74, 6) is -0.0104. The van der Waals surface area contributed by atoms with Gasteiger partial charge in [0.05, 0.1) is 0 Å². The van der Waals surface area contributed by atoms with E-state index in [4.69, 9.17) is 0 Å². The van der Waals surface area contributed by atoms with E-state index >= 15 is 0 Å². The van der Waals surface area contributed by atoms with E-state index in [2.05, 4.69) is 15.4 Å². The number of fused-ring (bicyclic) bond motifs is 1. The van der Waals surface area contributed by atoms with Crippen LogP contribution in [0.5, 0.6) is 0 Å². The lowest BCUT2D eigenvalue weighted by Crippen LogP contribution is -2.43. The maximum absolute atomic E-state index is 12.7. The summed E-state index contributed by atoms with van der Waals surface area (Å²) >= 11 is 1.35. The van der Waals surface area contributed by atoms with Gasteiger partial charge in [0.1, 0.15) is 6.04 Å². The Hall–Kier alpha value is -2.74. The minimum Gasteiger partial charge on any atom is -0.350 e. The zero-order valence-electron chi connectivity index (χ0n) is 15.3. The largest absolute Gasteiger partial charge is 0.350 e. The molecule has 1 aliphatic rings. The molecule has 8 heteroatoms. The van der Waals surface area contributed by atoms with E-state index in [9.17, 15) is 9.59 Å². The van der Waals surface area contributed by atoms with E-state index in [1.807, 2.05) is 36.1 Å². The van der Waals surface area contributed by atoms with Crippen LogP contribution in [-0.2, 0) is 11.3 Å². The minimum atomic E-state index is -0.271. The molecule has 1 saturated heterocycles. The summed E-state index contributed by atoms with van der Waals surface area (Å²) in [4.78, 5) is 31.8. The van der Waals surface area contributed by atoms with E-state index in [1.165, 1.54) is 27.5 Å². The van der Waals surface area contributed by atoms with Crippen molar-refractivity contribution in [2.45, 2.75) is 39.3 Å². The maximum Gasteiger partial charge on any atom is 0.275 e. The van der Waals surface area contributed by atoms with E-state index in [1.54, 1.807) is 6.92 Å². The lowest BCUT2D eigenvalue weighted by Gasteiger charge is -2.22. The fourth-order valence-corrected chi connectivity index (χ4v) is 4.34. The van der Waals surface area contributed by atoms with Crippen LogP contribution in [0.25, 0.3) is 4.96 Å². The Bertz CT molecular complexity index is 1040. The quantitative estimate of drug-likeness (QED) is 0.746. The van der Waals surface area contributed by atoms with Gasteiger partial charge < -0.3 is 10.2 Å². The third-order valence-corrected chi connectivity index (χ3v) is 5.70. The molecule has 1 atom stereocenters. The predicted molar refractivity (Wildman–Crippen MR) is 105 cm³/mol. The predicted octanol–water partition coefficient (Wildman–Crippen LogP) is 2.05. The van der Waals surface area contributed by atoms with Gasteiger partial charge in [-0.1, -0.05) is 41.2 Å². The Morgan fingerprint density at radius 1 is 1.30 bits per heavy atom. The van der Waals surface area contributed by atoms with Gasteiger partial charge in [0.15, 0.2) is 0 Å². The van der Waals surface area contributed by atoms with Crippen LogP contribution >= 0.6 is 11.3 Å². The fraction of sp³-hybridized carbons (Fsp3) is 0.368. The molecule has 140 valence electrons. The molecule has 1 N–H and O–H groups in total. The normalized spacial score (nSPS) is 16.8. The number of nitrogens with zero attached hydrogens (tertiary/aromatic N) is 4. The van der Waals surface area contributed by atoms with Crippen LogP contribution in [0.4, 0.5) is 5.13 Å². The zero-order chi connectivity index (χ0) is 19.0. The number of amides is 1. The van der Waals surface area contributed by atoms with Gasteiger partial charge >= 0.3 is 0 Å². The first-order valence-electron chi connectivity index (χ1n) is 8.99. The SMILES string of the molecule is Cc1ccc(CNC(=O)C2CCCN2c2nn3c(=O)cc(C)nc3s2)cc1. The molecular weight excluding hydrogens is 362 g/mol. The summed E-state index contributed by atoms with van der Waals surface area (Å²) in [5.41, 5.74) is 2.75. The van der Waals surface area contributed by atoms with E-state index in [0.29, 0.717) is 22.3 Å². The Kier molecular flexibility index (Phi) is 4.65. The smallest absolute Gasteiger partial charge is 0.275 e. The Balaban J connectivity index is 1.51. The topological polar surface area (TPSA) is 79.6 Å². The highest BCUT2D eigenvalue weighted by Gasteiger charge is 2.33. The van der Waals surface area contributed by atoms with E-state index < -0.39 is 0 Å². The summed E-state index contributed by atoms with van der Waals surface area (Å²) in [6.45, 7) is 5.08. The second-order valence-corrected chi connectivity index (χ2v) is 7.80. The van der Waals surface area contributed by atoms with Crippen molar-refractivity contribution in [1.29, 1.82) is 0 Å². The molecule has 7 nitrogen and oxygen atoms in total. The molecule has 1 amide bonds. The molecule has 2 aromatic heterocycles. The first-order valence-corrected chi connectivity index (χ1v) is 9.80. The van der Waals surface area contributed by atoms with E-state index in [-0.39, 0.29) is 17.5 Å². The Labute approximate surface area is 160 Å².